The smallest absolute Gasteiger partial charge is 0.326 e. The molecule has 0 aromatic heterocycles. The van der Waals surface area contributed by atoms with E-state index in [1.165, 1.54) is 12.1 Å². The van der Waals surface area contributed by atoms with Gasteiger partial charge in [0.25, 0.3) is 0 Å². The van der Waals surface area contributed by atoms with Gasteiger partial charge in [0.2, 0.25) is 0 Å². The molecule has 28 heavy (non-hydrogen) atoms. The maximum absolute atomic E-state index is 6.49. The molecule has 3 aromatic rings. The first-order chi connectivity index (χ1) is 13.4. The molecular weight excluding hydrogens is 504 g/mol. The third kappa shape index (κ3) is 3.77. The first-order valence-electron chi connectivity index (χ1n) is 7.90. The molecule has 0 fully saturated rings. The molecule has 4 rings (SSSR count). The van der Waals surface area contributed by atoms with E-state index in [1.54, 1.807) is 0 Å². The number of fused-ring (bicyclic) bond motifs is 2. The van der Waals surface area contributed by atoms with Crippen LogP contribution in [-0.4, -0.2) is 0 Å². The molecule has 0 saturated carbocycles. The van der Waals surface area contributed by atoms with Crippen LogP contribution < -0.4 is 14.4 Å². The van der Waals surface area contributed by atoms with Crippen molar-refractivity contribution < 1.29 is 9.05 Å². The average Bonchev–Trinajstić information content (AvgIpc) is 2.65. The molecule has 2 nitrogen and oxygen atoms in total. The van der Waals surface area contributed by atoms with Gasteiger partial charge in [0.15, 0.2) is 11.5 Å². The fourth-order valence-electron chi connectivity index (χ4n) is 2.79. The van der Waals surface area contributed by atoms with Crippen LogP contribution in [0.1, 0.15) is 11.1 Å². The van der Waals surface area contributed by atoms with E-state index in [-0.39, 0.29) is 6.42 Å². The van der Waals surface area contributed by atoms with E-state index >= 15 is 0 Å². The lowest BCUT2D eigenvalue weighted by Gasteiger charge is -2.27. The van der Waals surface area contributed by atoms with Crippen LogP contribution in [0.15, 0.2) is 42.5 Å². The van der Waals surface area contributed by atoms with Gasteiger partial charge in [-0.25, -0.2) is 0 Å². The molecule has 0 atom stereocenters. The normalized spacial score (nSPS) is 13.6. The zero-order valence-electron chi connectivity index (χ0n) is 13.8. The number of halogens is 6. The van der Waals surface area contributed by atoms with Crippen LogP contribution in [0.25, 0.3) is 0 Å². The summed E-state index contributed by atoms with van der Waals surface area (Å²) in [5, 5.41) is 2.73. The van der Waals surface area contributed by atoms with E-state index in [4.69, 9.17) is 78.7 Å². The van der Waals surface area contributed by atoms with Crippen molar-refractivity contribution in [3.8, 4) is 11.5 Å². The molecule has 144 valence electrons. The van der Waals surface area contributed by atoms with Gasteiger partial charge in [-0.3, -0.25) is 0 Å². The highest BCUT2D eigenvalue weighted by molar-refractivity contribution is 7.56. The highest BCUT2D eigenvalue weighted by Crippen LogP contribution is 2.53. The van der Waals surface area contributed by atoms with Crippen molar-refractivity contribution >= 4 is 83.3 Å². The highest BCUT2D eigenvalue weighted by Gasteiger charge is 2.31. The number of hydrogen-bond donors (Lipinski definition) is 0. The molecule has 0 spiro atoms. The Kier molecular flexibility index (Phi) is 6.12. The van der Waals surface area contributed by atoms with Crippen LogP contribution in [0.2, 0.25) is 30.1 Å². The van der Waals surface area contributed by atoms with Gasteiger partial charge in [-0.05, 0) is 24.3 Å². The largest absolute Gasteiger partial charge is 0.433 e. The summed E-state index contributed by atoms with van der Waals surface area (Å²) >= 11 is 38.3. The molecule has 3 aromatic carbocycles. The lowest BCUT2D eigenvalue weighted by molar-refractivity contribution is 0.489. The van der Waals surface area contributed by atoms with Crippen LogP contribution in [-0.2, 0) is 6.42 Å². The number of benzene rings is 3. The fourth-order valence-corrected chi connectivity index (χ4v) is 5.80. The van der Waals surface area contributed by atoms with Gasteiger partial charge < -0.3 is 9.05 Å². The van der Waals surface area contributed by atoms with Crippen LogP contribution in [0.5, 0.6) is 11.5 Å². The van der Waals surface area contributed by atoms with Crippen LogP contribution in [0.3, 0.4) is 0 Å². The van der Waals surface area contributed by atoms with Gasteiger partial charge >= 0.3 is 8.38 Å². The second-order valence-electron chi connectivity index (χ2n) is 5.88. The molecule has 0 unspecified atom stereocenters. The lowest BCUT2D eigenvalue weighted by atomic mass is 10.0. The summed E-state index contributed by atoms with van der Waals surface area (Å²) in [6.45, 7) is 0. The predicted molar refractivity (Wildman–Crippen MR) is 120 cm³/mol. The Hall–Kier alpha value is -0.570. The van der Waals surface area contributed by atoms with Crippen LogP contribution >= 0.6 is 78.0 Å². The first kappa shape index (κ1) is 20.7. The molecule has 1 aliphatic heterocycles. The van der Waals surface area contributed by atoms with E-state index in [9.17, 15) is 0 Å². The van der Waals surface area contributed by atoms with Crippen molar-refractivity contribution in [2.45, 2.75) is 6.42 Å². The van der Waals surface area contributed by atoms with E-state index in [0.717, 1.165) is 5.30 Å². The van der Waals surface area contributed by atoms with Gasteiger partial charge in [-0.2, -0.15) is 0 Å². The molecular formula is C19H9Cl6O2P. The molecule has 9 heteroatoms. The fraction of sp³-hybridized carbons (Fsp3) is 0.0526. The van der Waals surface area contributed by atoms with Crippen LogP contribution in [0, 0.1) is 0 Å². The Morgan fingerprint density at radius 2 is 1.11 bits per heavy atom. The van der Waals surface area contributed by atoms with Gasteiger partial charge in [0, 0.05) is 17.5 Å². The standard InChI is InChI=1S/C19H9Cl6O2P/c20-12-7-14(22)18-10(16(12)24)6-11-17(25)13(21)8-15(23)19(11)27-28(26-18)9-4-2-1-3-5-9/h1-5,7-8H,6H2. The SMILES string of the molecule is Clc1cc(Cl)c2c(c1Cl)Cc1c(Cl)c(Cl)cc(Cl)c1OP(c1ccccc1)O2. The molecule has 0 N–H and O–H groups in total. The van der Waals surface area contributed by atoms with E-state index in [0.29, 0.717) is 52.8 Å². The maximum Gasteiger partial charge on any atom is 0.326 e. The third-order valence-electron chi connectivity index (χ3n) is 4.11. The van der Waals surface area contributed by atoms with Gasteiger partial charge in [-0.1, -0.05) is 87.8 Å². The van der Waals surface area contributed by atoms with Crippen molar-refractivity contribution in [2.75, 3.05) is 0 Å². The van der Waals surface area contributed by atoms with Gasteiger partial charge in [-0.15, -0.1) is 0 Å². The van der Waals surface area contributed by atoms with Crippen molar-refractivity contribution in [1.82, 2.24) is 0 Å². The average molecular weight is 513 g/mol. The number of rotatable bonds is 1. The molecule has 0 radical (unpaired) electrons. The van der Waals surface area contributed by atoms with E-state index in [2.05, 4.69) is 0 Å². The van der Waals surface area contributed by atoms with Crippen LogP contribution in [0.4, 0.5) is 0 Å². The highest BCUT2D eigenvalue weighted by atomic mass is 35.5. The summed E-state index contributed by atoms with van der Waals surface area (Å²) in [6, 6.07) is 12.5. The monoisotopic (exact) mass is 510 g/mol. The summed E-state index contributed by atoms with van der Waals surface area (Å²) < 4.78 is 12.4. The molecule has 0 aliphatic carbocycles. The Labute approximate surface area is 193 Å². The minimum Gasteiger partial charge on any atom is -0.433 e. The summed E-state index contributed by atoms with van der Waals surface area (Å²) in [4.78, 5) is 0. The van der Waals surface area contributed by atoms with E-state index in [1.807, 2.05) is 30.3 Å². The van der Waals surface area contributed by atoms with Crippen molar-refractivity contribution in [2.24, 2.45) is 0 Å². The van der Waals surface area contributed by atoms with E-state index < -0.39 is 8.38 Å². The Balaban J connectivity index is 2.00. The summed E-state index contributed by atoms with van der Waals surface area (Å²) in [7, 11) is -1.63. The third-order valence-corrected chi connectivity index (χ3v) is 7.74. The topological polar surface area (TPSA) is 18.5 Å². The zero-order chi connectivity index (χ0) is 20.0. The minimum absolute atomic E-state index is 0.237. The van der Waals surface area contributed by atoms with Gasteiger partial charge in [0.05, 0.1) is 35.4 Å². The molecule has 0 bridgehead atoms. The Morgan fingerprint density at radius 1 is 0.643 bits per heavy atom. The molecule has 0 saturated heterocycles. The molecule has 1 aliphatic rings. The lowest BCUT2D eigenvalue weighted by Crippen LogP contribution is -2.14. The second kappa shape index (κ2) is 8.28. The summed E-state index contributed by atoms with van der Waals surface area (Å²) in [6.07, 6.45) is 0.237. The van der Waals surface area contributed by atoms with Crippen molar-refractivity contribution in [3.63, 3.8) is 0 Å². The second-order valence-corrected chi connectivity index (χ2v) is 9.66. The Bertz CT molecular complexity index is 1010. The van der Waals surface area contributed by atoms with Crippen molar-refractivity contribution in [1.29, 1.82) is 0 Å². The van der Waals surface area contributed by atoms with Gasteiger partial charge in [0.1, 0.15) is 0 Å². The van der Waals surface area contributed by atoms with Crippen molar-refractivity contribution in [3.05, 3.63) is 83.7 Å². The predicted octanol–water partition coefficient (Wildman–Crippen LogP) is 8.61. The summed E-state index contributed by atoms with van der Waals surface area (Å²) in [5.74, 6) is 0.785. The zero-order valence-corrected chi connectivity index (χ0v) is 19.2. The quantitative estimate of drug-likeness (QED) is 0.240. The summed E-state index contributed by atoms with van der Waals surface area (Å²) in [5.41, 5.74) is 1.18. The molecule has 1 heterocycles. The minimum atomic E-state index is -1.63. The Morgan fingerprint density at radius 3 is 1.57 bits per heavy atom. The first-order valence-corrected chi connectivity index (χ1v) is 11.3. The molecule has 0 amide bonds. The maximum atomic E-state index is 6.49. The number of hydrogen-bond acceptors (Lipinski definition) is 2.